The fourth-order valence-corrected chi connectivity index (χ4v) is 1.86. The third-order valence-electron chi connectivity index (χ3n) is 2.59. The first-order chi connectivity index (χ1) is 8.29. The third-order valence-corrected chi connectivity index (χ3v) is 2.59. The Morgan fingerprint density at radius 1 is 1.53 bits per heavy atom. The molecule has 0 aliphatic carbocycles. The zero-order valence-electron chi connectivity index (χ0n) is 9.30. The van der Waals surface area contributed by atoms with Crippen molar-refractivity contribution in [2.45, 2.75) is 6.92 Å². The van der Waals surface area contributed by atoms with Gasteiger partial charge in [-0.25, -0.2) is 9.78 Å². The smallest absolute Gasteiger partial charge is 0.354 e. The van der Waals surface area contributed by atoms with Gasteiger partial charge >= 0.3 is 5.97 Å². The van der Waals surface area contributed by atoms with Crippen molar-refractivity contribution in [2.24, 2.45) is 0 Å². The van der Waals surface area contributed by atoms with Gasteiger partial charge in [0, 0.05) is 6.20 Å². The van der Waals surface area contributed by atoms with E-state index >= 15 is 0 Å². The molecule has 3 aromatic heterocycles. The van der Waals surface area contributed by atoms with Gasteiger partial charge in [-0.15, -0.1) is 0 Å². The third kappa shape index (κ3) is 1.47. The van der Waals surface area contributed by atoms with Gasteiger partial charge in [-0.1, -0.05) is 6.07 Å². The highest BCUT2D eigenvalue weighted by atomic mass is 16.5. The number of hydrogen-bond donors (Lipinski definition) is 1. The molecular weight excluding hydrogens is 218 g/mol. The number of hydrogen-bond acceptors (Lipinski definition) is 3. The minimum Gasteiger partial charge on any atom is -0.461 e. The van der Waals surface area contributed by atoms with Gasteiger partial charge in [0.25, 0.3) is 0 Å². The molecule has 0 bridgehead atoms. The molecule has 0 saturated carbocycles. The molecule has 0 spiro atoms. The quantitative estimate of drug-likeness (QED) is 0.683. The zero-order valence-corrected chi connectivity index (χ0v) is 9.30. The second-order valence-corrected chi connectivity index (χ2v) is 3.68. The molecule has 3 aromatic rings. The van der Waals surface area contributed by atoms with Crippen LogP contribution in [0.3, 0.4) is 0 Å². The number of esters is 1. The number of nitrogens with zero attached hydrogens (tertiary/aromatic N) is 2. The average molecular weight is 229 g/mol. The monoisotopic (exact) mass is 229 g/mol. The average Bonchev–Trinajstić information content (AvgIpc) is 2.86. The SMILES string of the molecule is CCOC(=O)c1cc2nc3ccccn3c2[nH]1. The number of ether oxygens (including phenoxy) is 1. The van der Waals surface area contributed by atoms with E-state index in [4.69, 9.17) is 4.74 Å². The molecule has 0 unspecified atom stereocenters. The summed E-state index contributed by atoms with van der Waals surface area (Å²) in [5, 5.41) is 0. The van der Waals surface area contributed by atoms with Crippen LogP contribution in [0.15, 0.2) is 30.5 Å². The maximum atomic E-state index is 11.6. The summed E-state index contributed by atoms with van der Waals surface area (Å²) >= 11 is 0. The number of H-pyrrole nitrogens is 1. The summed E-state index contributed by atoms with van der Waals surface area (Å²) in [5.74, 6) is -0.352. The Bertz CT molecular complexity index is 696. The van der Waals surface area contributed by atoms with E-state index in [9.17, 15) is 4.79 Å². The van der Waals surface area contributed by atoms with E-state index in [1.54, 1.807) is 13.0 Å². The molecule has 0 fully saturated rings. The van der Waals surface area contributed by atoms with Crippen molar-refractivity contribution in [2.75, 3.05) is 6.61 Å². The Balaban J connectivity index is 2.17. The van der Waals surface area contributed by atoms with Gasteiger partial charge in [-0.05, 0) is 25.1 Å². The first-order valence-electron chi connectivity index (χ1n) is 5.42. The summed E-state index contributed by atoms with van der Waals surface area (Å²) in [4.78, 5) is 19.0. The van der Waals surface area contributed by atoms with Gasteiger partial charge in [-0.3, -0.25) is 4.40 Å². The molecule has 0 aromatic carbocycles. The van der Waals surface area contributed by atoms with Crippen LogP contribution in [0.4, 0.5) is 0 Å². The van der Waals surface area contributed by atoms with Crippen LogP contribution in [0.1, 0.15) is 17.4 Å². The predicted molar refractivity (Wildman–Crippen MR) is 63.0 cm³/mol. The molecule has 0 atom stereocenters. The van der Waals surface area contributed by atoms with E-state index < -0.39 is 0 Å². The lowest BCUT2D eigenvalue weighted by Crippen LogP contribution is -2.04. The first-order valence-corrected chi connectivity index (χ1v) is 5.42. The van der Waals surface area contributed by atoms with Crippen LogP contribution in [-0.4, -0.2) is 26.9 Å². The van der Waals surface area contributed by atoms with Gasteiger partial charge < -0.3 is 9.72 Å². The summed E-state index contributed by atoms with van der Waals surface area (Å²) in [6, 6.07) is 7.46. The van der Waals surface area contributed by atoms with Gasteiger partial charge in [-0.2, -0.15) is 0 Å². The molecule has 86 valence electrons. The molecular formula is C12H11N3O2. The molecule has 0 saturated heterocycles. The molecule has 0 radical (unpaired) electrons. The van der Waals surface area contributed by atoms with Crippen molar-refractivity contribution in [3.63, 3.8) is 0 Å². The Morgan fingerprint density at radius 2 is 2.41 bits per heavy atom. The lowest BCUT2D eigenvalue weighted by Gasteiger charge is -1.97. The summed E-state index contributed by atoms with van der Waals surface area (Å²) in [6.45, 7) is 2.15. The largest absolute Gasteiger partial charge is 0.461 e. The van der Waals surface area contributed by atoms with Crippen LogP contribution in [0, 0.1) is 0 Å². The molecule has 5 heteroatoms. The van der Waals surface area contributed by atoms with Crippen LogP contribution in [0.5, 0.6) is 0 Å². The number of carbonyl (C=O) groups is 1. The number of nitrogens with one attached hydrogen (secondary N) is 1. The van der Waals surface area contributed by atoms with E-state index in [1.165, 1.54) is 0 Å². The molecule has 0 aliphatic heterocycles. The molecule has 1 N–H and O–H groups in total. The minimum atomic E-state index is -0.352. The van der Waals surface area contributed by atoms with Gasteiger partial charge in [0.1, 0.15) is 22.5 Å². The fourth-order valence-electron chi connectivity index (χ4n) is 1.86. The molecule has 0 amide bonds. The van der Waals surface area contributed by atoms with Crippen molar-refractivity contribution < 1.29 is 9.53 Å². The molecule has 0 aliphatic rings. The van der Waals surface area contributed by atoms with Crippen LogP contribution < -0.4 is 0 Å². The predicted octanol–water partition coefficient (Wildman–Crippen LogP) is 1.99. The van der Waals surface area contributed by atoms with Gasteiger partial charge in [0.15, 0.2) is 0 Å². The second kappa shape index (κ2) is 3.62. The molecule has 3 heterocycles. The summed E-state index contributed by atoms with van der Waals surface area (Å²) in [6.07, 6.45) is 1.90. The highest BCUT2D eigenvalue weighted by Gasteiger charge is 2.13. The lowest BCUT2D eigenvalue weighted by atomic mass is 10.4. The summed E-state index contributed by atoms with van der Waals surface area (Å²) in [5.41, 5.74) is 2.86. The van der Waals surface area contributed by atoms with Crippen molar-refractivity contribution in [3.8, 4) is 0 Å². The number of rotatable bonds is 2. The van der Waals surface area contributed by atoms with Crippen LogP contribution >= 0.6 is 0 Å². The molecule has 5 nitrogen and oxygen atoms in total. The van der Waals surface area contributed by atoms with E-state index in [-0.39, 0.29) is 5.97 Å². The summed E-state index contributed by atoms with van der Waals surface area (Å²) in [7, 11) is 0. The first kappa shape index (κ1) is 9.89. The highest BCUT2D eigenvalue weighted by Crippen LogP contribution is 2.17. The number of carbonyl (C=O) groups excluding carboxylic acids is 1. The topological polar surface area (TPSA) is 59.4 Å². The number of aromatic amines is 1. The summed E-state index contributed by atoms with van der Waals surface area (Å²) < 4.78 is 6.83. The lowest BCUT2D eigenvalue weighted by molar-refractivity contribution is 0.0520. The maximum absolute atomic E-state index is 11.6. The standard InChI is InChI=1S/C12H11N3O2/c1-2-17-12(16)9-7-8-11(14-9)15-6-4-3-5-10(15)13-8/h3-7,14H,2H2,1H3. The van der Waals surface area contributed by atoms with Gasteiger partial charge in [0.2, 0.25) is 0 Å². The van der Waals surface area contributed by atoms with Gasteiger partial charge in [0.05, 0.1) is 6.61 Å². The highest BCUT2D eigenvalue weighted by molar-refractivity contribution is 5.93. The van der Waals surface area contributed by atoms with Crippen molar-refractivity contribution in [1.82, 2.24) is 14.4 Å². The normalized spacial score (nSPS) is 11.1. The Hall–Kier alpha value is -2.30. The zero-order chi connectivity index (χ0) is 11.8. The van der Waals surface area contributed by atoms with Crippen LogP contribution in [0.25, 0.3) is 16.8 Å². The minimum absolute atomic E-state index is 0.352. The number of fused-ring (bicyclic) bond motifs is 3. The Labute approximate surface area is 97.0 Å². The van der Waals surface area contributed by atoms with Crippen molar-refractivity contribution in [3.05, 3.63) is 36.2 Å². The number of pyridine rings is 1. The van der Waals surface area contributed by atoms with Crippen LogP contribution in [-0.2, 0) is 4.74 Å². The van der Waals surface area contributed by atoms with Crippen LogP contribution in [0.2, 0.25) is 0 Å². The van der Waals surface area contributed by atoms with E-state index in [2.05, 4.69) is 9.97 Å². The van der Waals surface area contributed by atoms with Crippen molar-refractivity contribution in [1.29, 1.82) is 0 Å². The van der Waals surface area contributed by atoms with E-state index in [1.807, 2.05) is 28.8 Å². The fraction of sp³-hybridized carbons (Fsp3) is 0.167. The maximum Gasteiger partial charge on any atom is 0.354 e. The molecule has 3 rings (SSSR count). The Kier molecular flexibility index (Phi) is 2.11. The van der Waals surface area contributed by atoms with E-state index in [0.29, 0.717) is 12.3 Å². The van der Waals surface area contributed by atoms with Crippen molar-refractivity contribution >= 4 is 22.8 Å². The molecule has 17 heavy (non-hydrogen) atoms. The second-order valence-electron chi connectivity index (χ2n) is 3.68. The van der Waals surface area contributed by atoms with E-state index in [0.717, 1.165) is 16.8 Å². The number of imidazole rings is 1. The Morgan fingerprint density at radius 3 is 3.24 bits per heavy atom. The number of aromatic nitrogens is 3.